The molecule has 1 atom stereocenters. The third kappa shape index (κ3) is 4.48. The largest absolute Gasteiger partial charge is 0.442 e. The minimum atomic E-state index is -0.511. The van der Waals surface area contributed by atoms with Crippen LogP contribution < -0.4 is 10.2 Å². The molecule has 1 aliphatic heterocycles. The summed E-state index contributed by atoms with van der Waals surface area (Å²) in [4.78, 5) is 25.3. The van der Waals surface area contributed by atoms with E-state index in [1.54, 1.807) is 24.3 Å². The second-order valence-corrected chi connectivity index (χ2v) is 6.14. The summed E-state index contributed by atoms with van der Waals surface area (Å²) in [6.45, 7) is 0.515. The van der Waals surface area contributed by atoms with Crippen molar-refractivity contribution in [2.45, 2.75) is 12.5 Å². The summed E-state index contributed by atoms with van der Waals surface area (Å²) in [6, 6.07) is 12.6. The summed E-state index contributed by atoms with van der Waals surface area (Å²) >= 11 is 5.81. The molecule has 7 heteroatoms. The fraction of sp³-hybridized carbons (Fsp3) is 0.222. The number of halogens is 2. The van der Waals surface area contributed by atoms with Gasteiger partial charge in [0.15, 0.2) is 0 Å². The molecule has 1 fully saturated rings. The summed E-state index contributed by atoms with van der Waals surface area (Å²) in [5.41, 5.74) is 1.40. The maximum atomic E-state index is 13.0. The van der Waals surface area contributed by atoms with Gasteiger partial charge in [0, 0.05) is 10.7 Å². The first-order valence-corrected chi connectivity index (χ1v) is 8.14. The van der Waals surface area contributed by atoms with Gasteiger partial charge in [0.05, 0.1) is 19.5 Å². The molecule has 1 aliphatic rings. The molecule has 2 aromatic rings. The third-order valence-electron chi connectivity index (χ3n) is 3.82. The van der Waals surface area contributed by atoms with Crippen LogP contribution in [0.15, 0.2) is 48.5 Å². The predicted molar refractivity (Wildman–Crippen MR) is 92.2 cm³/mol. The topological polar surface area (TPSA) is 58.6 Å². The number of benzene rings is 2. The van der Waals surface area contributed by atoms with Crippen molar-refractivity contribution >= 4 is 29.3 Å². The number of amides is 2. The summed E-state index contributed by atoms with van der Waals surface area (Å²) in [5, 5.41) is 3.37. The van der Waals surface area contributed by atoms with Gasteiger partial charge in [0.1, 0.15) is 11.9 Å². The van der Waals surface area contributed by atoms with Gasteiger partial charge in [-0.1, -0.05) is 23.7 Å². The molecule has 1 saturated heterocycles. The normalized spacial score (nSPS) is 16.6. The van der Waals surface area contributed by atoms with E-state index in [9.17, 15) is 14.0 Å². The number of carbonyl (C=O) groups is 2. The monoisotopic (exact) mass is 362 g/mol. The Morgan fingerprint density at radius 3 is 2.56 bits per heavy atom. The number of hydrogen-bond acceptors (Lipinski definition) is 3. The molecule has 130 valence electrons. The van der Waals surface area contributed by atoms with Crippen molar-refractivity contribution in [3.8, 4) is 0 Å². The lowest BCUT2D eigenvalue weighted by molar-refractivity contribution is -0.120. The Hall–Kier alpha value is -2.60. The van der Waals surface area contributed by atoms with E-state index in [-0.39, 0.29) is 24.7 Å². The number of anilines is 1. The van der Waals surface area contributed by atoms with Gasteiger partial charge < -0.3 is 10.1 Å². The average molecular weight is 363 g/mol. The van der Waals surface area contributed by atoms with Crippen LogP contribution in [0.5, 0.6) is 0 Å². The van der Waals surface area contributed by atoms with Crippen molar-refractivity contribution in [1.82, 2.24) is 5.32 Å². The number of nitrogens with zero attached hydrogens (tertiary/aromatic N) is 1. The number of ether oxygens (including phenoxy) is 1. The summed E-state index contributed by atoms with van der Waals surface area (Å²) < 4.78 is 18.2. The smallest absolute Gasteiger partial charge is 0.414 e. The van der Waals surface area contributed by atoms with Gasteiger partial charge in [0.25, 0.3) is 0 Å². The quantitative estimate of drug-likeness (QED) is 0.888. The van der Waals surface area contributed by atoms with Gasteiger partial charge in [0.2, 0.25) is 5.91 Å². The Kier molecular flexibility index (Phi) is 5.19. The van der Waals surface area contributed by atoms with Crippen molar-refractivity contribution in [3.05, 3.63) is 64.9 Å². The van der Waals surface area contributed by atoms with Crippen molar-refractivity contribution in [3.63, 3.8) is 0 Å². The summed E-state index contributed by atoms with van der Waals surface area (Å²) in [7, 11) is 0. The summed E-state index contributed by atoms with van der Waals surface area (Å²) in [6.07, 6.45) is -0.741. The van der Waals surface area contributed by atoms with Gasteiger partial charge in [-0.05, 0) is 42.0 Å². The molecule has 0 saturated carbocycles. The molecule has 1 N–H and O–H groups in total. The first kappa shape index (κ1) is 17.2. The second-order valence-electron chi connectivity index (χ2n) is 5.70. The Bertz CT molecular complexity index is 765. The van der Waals surface area contributed by atoms with E-state index in [2.05, 4.69) is 5.32 Å². The zero-order chi connectivity index (χ0) is 17.8. The highest BCUT2D eigenvalue weighted by atomic mass is 35.5. The van der Waals surface area contributed by atoms with E-state index < -0.39 is 12.2 Å². The van der Waals surface area contributed by atoms with Crippen molar-refractivity contribution < 1.29 is 18.7 Å². The molecule has 0 aliphatic carbocycles. The molecule has 25 heavy (non-hydrogen) atoms. The third-order valence-corrected chi connectivity index (χ3v) is 4.07. The number of nitrogens with one attached hydrogen (secondary N) is 1. The minimum absolute atomic E-state index is 0.168. The molecule has 5 nitrogen and oxygen atoms in total. The lowest BCUT2D eigenvalue weighted by Crippen LogP contribution is -2.35. The van der Waals surface area contributed by atoms with Gasteiger partial charge >= 0.3 is 6.09 Å². The van der Waals surface area contributed by atoms with Crippen LogP contribution in [-0.4, -0.2) is 31.2 Å². The second kappa shape index (κ2) is 7.53. The average Bonchev–Trinajstić information content (AvgIpc) is 2.97. The standard InChI is InChI=1S/C18H16ClFN2O3/c19-13-3-1-12(2-4-13)9-17(23)21-10-16-11-22(18(24)25-16)15-7-5-14(20)6-8-15/h1-8,16H,9-11H2,(H,21,23). The number of rotatable bonds is 5. The van der Waals surface area contributed by atoms with Crippen LogP contribution in [0, 0.1) is 5.82 Å². The van der Waals surface area contributed by atoms with E-state index in [4.69, 9.17) is 16.3 Å². The lowest BCUT2D eigenvalue weighted by Gasteiger charge is -2.13. The van der Waals surface area contributed by atoms with E-state index >= 15 is 0 Å². The van der Waals surface area contributed by atoms with E-state index in [1.165, 1.54) is 29.2 Å². The van der Waals surface area contributed by atoms with Crippen LogP contribution in [0.25, 0.3) is 0 Å². The Labute approximate surface area is 149 Å². The lowest BCUT2D eigenvalue weighted by atomic mass is 10.1. The molecule has 2 amide bonds. The van der Waals surface area contributed by atoms with Crippen LogP contribution in [0.2, 0.25) is 5.02 Å². The van der Waals surface area contributed by atoms with Gasteiger partial charge in [-0.3, -0.25) is 9.69 Å². The Morgan fingerprint density at radius 2 is 1.88 bits per heavy atom. The molecule has 0 aromatic heterocycles. The van der Waals surface area contributed by atoms with E-state index in [1.807, 2.05) is 0 Å². The highest BCUT2D eigenvalue weighted by molar-refractivity contribution is 6.30. The zero-order valence-corrected chi connectivity index (χ0v) is 14.0. The molecule has 0 spiro atoms. The first-order chi connectivity index (χ1) is 12.0. The number of hydrogen-bond donors (Lipinski definition) is 1. The van der Waals surface area contributed by atoms with Crippen molar-refractivity contribution in [2.75, 3.05) is 18.0 Å². The molecule has 0 bridgehead atoms. The van der Waals surface area contributed by atoms with Crippen LogP contribution in [-0.2, 0) is 16.0 Å². The van der Waals surface area contributed by atoms with Crippen LogP contribution in [0.4, 0.5) is 14.9 Å². The maximum Gasteiger partial charge on any atom is 0.414 e. The first-order valence-electron chi connectivity index (χ1n) is 7.76. The Morgan fingerprint density at radius 1 is 1.20 bits per heavy atom. The van der Waals surface area contributed by atoms with Crippen LogP contribution >= 0.6 is 11.6 Å². The highest BCUT2D eigenvalue weighted by Gasteiger charge is 2.32. The van der Waals surface area contributed by atoms with Gasteiger partial charge in [-0.2, -0.15) is 0 Å². The fourth-order valence-electron chi connectivity index (χ4n) is 2.54. The fourth-order valence-corrected chi connectivity index (χ4v) is 2.66. The molecule has 0 radical (unpaired) electrons. The summed E-state index contributed by atoms with van der Waals surface area (Å²) in [5.74, 6) is -0.541. The molecular weight excluding hydrogens is 347 g/mol. The highest BCUT2D eigenvalue weighted by Crippen LogP contribution is 2.21. The SMILES string of the molecule is O=C(Cc1ccc(Cl)cc1)NCC1CN(c2ccc(F)cc2)C(=O)O1. The molecular formula is C18H16ClFN2O3. The predicted octanol–water partition coefficient (Wildman–Crippen LogP) is 3.16. The number of cyclic esters (lactones) is 1. The Balaban J connectivity index is 1.50. The molecule has 1 heterocycles. The number of carbonyl (C=O) groups excluding carboxylic acids is 2. The zero-order valence-electron chi connectivity index (χ0n) is 13.2. The molecule has 1 unspecified atom stereocenters. The van der Waals surface area contributed by atoms with Gasteiger partial charge in [-0.25, -0.2) is 9.18 Å². The van der Waals surface area contributed by atoms with Crippen LogP contribution in [0.3, 0.4) is 0 Å². The van der Waals surface area contributed by atoms with Crippen LogP contribution in [0.1, 0.15) is 5.56 Å². The van der Waals surface area contributed by atoms with Gasteiger partial charge in [-0.15, -0.1) is 0 Å². The van der Waals surface area contributed by atoms with Crippen molar-refractivity contribution in [1.29, 1.82) is 0 Å². The maximum absolute atomic E-state index is 13.0. The molecule has 2 aromatic carbocycles. The minimum Gasteiger partial charge on any atom is -0.442 e. The van der Waals surface area contributed by atoms with Crippen molar-refractivity contribution in [2.24, 2.45) is 0 Å². The molecule has 3 rings (SSSR count). The van der Waals surface area contributed by atoms with E-state index in [0.29, 0.717) is 17.3 Å². The van der Waals surface area contributed by atoms with E-state index in [0.717, 1.165) is 5.56 Å².